The van der Waals surface area contributed by atoms with Crippen molar-refractivity contribution in [2.45, 2.75) is 11.5 Å². The SMILES string of the molecule is Nc1nc(-c2ccoc2)nc2c1CSC2. The fourth-order valence-corrected chi connectivity index (χ4v) is 2.65. The van der Waals surface area contributed by atoms with E-state index in [4.69, 9.17) is 10.2 Å². The average molecular weight is 219 g/mol. The summed E-state index contributed by atoms with van der Waals surface area (Å²) in [5.41, 5.74) is 8.91. The first-order chi connectivity index (χ1) is 7.34. The van der Waals surface area contributed by atoms with E-state index in [1.165, 1.54) is 0 Å². The summed E-state index contributed by atoms with van der Waals surface area (Å²) in [7, 11) is 0. The number of nitrogens with two attached hydrogens (primary N) is 1. The van der Waals surface area contributed by atoms with Crippen LogP contribution in [0.2, 0.25) is 0 Å². The predicted molar refractivity (Wildman–Crippen MR) is 59.1 cm³/mol. The van der Waals surface area contributed by atoms with Gasteiger partial charge >= 0.3 is 0 Å². The number of furan rings is 1. The molecule has 0 unspecified atom stereocenters. The Morgan fingerprint density at radius 3 is 3.07 bits per heavy atom. The van der Waals surface area contributed by atoms with Crippen molar-refractivity contribution in [3.63, 3.8) is 0 Å². The maximum Gasteiger partial charge on any atom is 0.165 e. The lowest BCUT2D eigenvalue weighted by Gasteiger charge is -2.03. The van der Waals surface area contributed by atoms with E-state index in [0.717, 1.165) is 28.3 Å². The van der Waals surface area contributed by atoms with Crippen molar-refractivity contribution >= 4 is 17.6 Å². The monoisotopic (exact) mass is 219 g/mol. The van der Waals surface area contributed by atoms with Gasteiger partial charge in [0.2, 0.25) is 0 Å². The summed E-state index contributed by atoms with van der Waals surface area (Å²) in [6, 6.07) is 1.84. The number of fused-ring (bicyclic) bond motifs is 1. The first-order valence-corrected chi connectivity index (χ1v) is 5.75. The Morgan fingerprint density at radius 2 is 2.27 bits per heavy atom. The summed E-state index contributed by atoms with van der Waals surface area (Å²) >= 11 is 1.82. The van der Waals surface area contributed by atoms with Gasteiger partial charge in [-0.2, -0.15) is 11.8 Å². The van der Waals surface area contributed by atoms with Gasteiger partial charge in [0.05, 0.1) is 17.5 Å². The van der Waals surface area contributed by atoms with Crippen molar-refractivity contribution < 1.29 is 4.42 Å². The van der Waals surface area contributed by atoms with E-state index in [9.17, 15) is 0 Å². The van der Waals surface area contributed by atoms with Crippen LogP contribution in [-0.4, -0.2) is 9.97 Å². The van der Waals surface area contributed by atoms with Crippen molar-refractivity contribution in [3.05, 3.63) is 29.9 Å². The molecular weight excluding hydrogens is 210 g/mol. The molecule has 15 heavy (non-hydrogen) atoms. The lowest BCUT2D eigenvalue weighted by atomic mass is 10.2. The van der Waals surface area contributed by atoms with Gasteiger partial charge in [0.25, 0.3) is 0 Å². The average Bonchev–Trinajstić information content (AvgIpc) is 2.88. The molecule has 4 nitrogen and oxygen atoms in total. The van der Waals surface area contributed by atoms with Crippen LogP contribution in [0.15, 0.2) is 23.0 Å². The molecule has 76 valence electrons. The molecule has 2 aromatic heterocycles. The van der Waals surface area contributed by atoms with Gasteiger partial charge < -0.3 is 10.2 Å². The largest absolute Gasteiger partial charge is 0.472 e. The Hall–Kier alpha value is -1.49. The van der Waals surface area contributed by atoms with E-state index in [-0.39, 0.29) is 0 Å². The Bertz CT molecular complexity index is 496. The minimum absolute atomic E-state index is 0.598. The molecule has 0 spiro atoms. The molecule has 0 saturated heterocycles. The van der Waals surface area contributed by atoms with E-state index in [1.54, 1.807) is 12.5 Å². The van der Waals surface area contributed by atoms with Crippen molar-refractivity contribution in [2.75, 3.05) is 5.73 Å². The van der Waals surface area contributed by atoms with Gasteiger partial charge in [-0.25, -0.2) is 9.97 Å². The fraction of sp³-hybridized carbons (Fsp3) is 0.200. The molecule has 0 aliphatic carbocycles. The summed E-state index contributed by atoms with van der Waals surface area (Å²) in [4.78, 5) is 8.77. The van der Waals surface area contributed by atoms with Crippen LogP contribution in [0, 0.1) is 0 Å². The molecule has 0 amide bonds. The Kier molecular flexibility index (Phi) is 1.92. The third kappa shape index (κ3) is 1.39. The molecule has 2 N–H and O–H groups in total. The van der Waals surface area contributed by atoms with Gasteiger partial charge in [-0.15, -0.1) is 0 Å². The second-order valence-electron chi connectivity index (χ2n) is 3.36. The zero-order valence-corrected chi connectivity index (χ0v) is 8.75. The summed E-state index contributed by atoms with van der Waals surface area (Å²) in [5, 5.41) is 0. The highest BCUT2D eigenvalue weighted by Gasteiger charge is 2.18. The fourth-order valence-electron chi connectivity index (χ4n) is 1.60. The Morgan fingerprint density at radius 1 is 1.33 bits per heavy atom. The van der Waals surface area contributed by atoms with E-state index >= 15 is 0 Å². The summed E-state index contributed by atoms with van der Waals surface area (Å²) < 4.78 is 5.00. The number of thioether (sulfide) groups is 1. The molecule has 5 heteroatoms. The molecule has 1 aliphatic heterocycles. The van der Waals surface area contributed by atoms with Crippen molar-refractivity contribution in [1.82, 2.24) is 9.97 Å². The van der Waals surface area contributed by atoms with Crippen LogP contribution in [0.4, 0.5) is 5.82 Å². The molecular formula is C10H9N3OS. The van der Waals surface area contributed by atoms with Crippen LogP contribution in [-0.2, 0) is 11.5 Å². The smallest absolute Gasteiger partial charge is 0.165 e. The Balaban J connectivity index is 2.15. The first-order valence-electron chi connectivity index (χ1n) is 4.60. The first kappa shape index (κ1) is 8.79. The highest BCUT2D eigenvalue weighted by Crippen LogP contribution is 2.32. The third-order valence-electron chi connectivity index (χ3n) is 2.39. The van der Waals surface area contributed by atoms with Crippen LogP contribution < -0.4 is 5.73 Å². The third-order valence-corrected chi connectivity index (χ3v) is 3.36. The van der Waals surface area contributed by atoms with E-state index in [2.05, 4.69) is 9.97 Å². The standard InChI is InChI=1S/C10H9N3OS/c11-9-7-4-15-5-8(7)12-10(13-9)6-1-2-14-3-6/h1-3H,4-5H2,(H2,11,12,13). The maximum atomic E-state index is 5.88. The molecule has 2 aromatic rings. The van der Waals surface area contributed by atoms with Crippen LogP contribution in [0.25, 0.3) is 11.4 Å². The minimum atomic E-state index is 0.598. The van der Waals surface area contributed by atoms with E-state index in [0.29, 0.717) is 11.6 Å². The van der Waals surface area contributed by atoms with Gasteiger partial charge in [0, 0.05) is 17.1 Å². The van der Waals surface area contributed by atoms with Crippen molar-refractivity contribution in [2.24, 2.45) is 0 Å². The van der Waals surface area contributed by atoms with Gasteiger partial charge in [0.15, 0.2) is 5.82 Å². The number of anilines is 1. The zero-order chi connectivity index (χ0) is 10.3. The summed E-state index contributed by atoms with van der Waals surface area (Å²) in [6.45, 7) is 0. The number of nitrogen functional groups attached to an aromatic ring is 1. The molecule has 1 aliphatic rings. The van der Waals surface area contributed by atoms with E-state index in [1.807, 2.05) is 17.8 Å². The predicted octanol–water partition coefficient (Wildman–Crippen LogP) is 2.07. The highest BCUT2D eigenvalue weighted by molar-refractivity contribution is 7.98. The van der Waals surface area contributed by atoms with Crippen LogP contribution >= 0.6 is 11.8 Å². The van der Waals surface area contributed by atoms with Crippen LogP contribution in [0.1, 0.15) is 11.3 Å². The van der Waals surface area contributed by atoms with Gasteiger partial charge in [-0.3, -0.25) is 0 Å². The zero-order valence-electron chi connectivity index (χ0n) is 7.93. The molecule has 0 fully saturated rings. The van der Waals surface area contributed by atoms with Crippen molar-refractivity contribution in [1.29, 1.82) is 0 Å². The number of hydrogen-bond donors (Lipinski definition) is 1. The van der Waals surface area contributed by atoms with Crippen LogP contribution in [0.3, 0.4) is 0 Å². The molecule has 0 radical (unpaired) electrons. The highest BCUT2D eigenvalue weighted by atomic mass is 32.2. The normalized spacial score (nSPS) is 14.1. The molecule has 0 atom stereocenters. The second-order valence-corrected chi connectivity index (χ2v) is 4.35. The summed E-state index contributed by atoms with van der Waals surface area (Å²) in [5.74, 6) is 3.10. The van der Waals surface area contributed by atoms with Gasteiger partial charge in [-0.1, -0.05) is 0 Å². The number of nitrogens with zero attached hydrogens (tertiary/aromatic N) is 2. The minimum Gasteiger partial charge on any atom is -0.472 e. The van der Waals surface area contributed by atoms with Crippen molar-refractivity contribution in [3.8, 4) is 11.4 Å². The molecule has 0 saturated carbocycles. The molecule has 0 bridgehead atoms. The van der Waals surface area contributed by atoms with Gasteiger partial charge in [-0.05, 0) is 6.07 Å². The number of hydrogen-bond acceptors (Lipinski definition) is 5. The quantitative estimate of drug-likeness (QED) is 0.795. The lowest BCUT2D eigenvalue weighted by Crippen LogP contribution is -2.02. The number of rotatable bonds is 1. The number of aromatic nitrogens is 2. The Labute approximate surface area is 90.9 Å². The molecule has 0 aromatic carbocycles. The van der Waals surface area contributed by atoms with Gasteiger partial charge in [0.1, 0.15) is 12.1 Å². The second kappa shape index (κ2) is 3.27. The lowest BCUT2D eigenvalue weighted by molar-refractivity contribution is 0.568. The molecule has 3 heterocycles. The molecule has 3 rings (SSSR count). The maximum absolute atomic E-state index is 5.88. The van der Waals surface area contributed by atoms with Crippen LogP contribution in [0.5, 0.6) is 0 Å². The summed E-state index contributed by atoms with van der Waals surface area (Å²) in [6.07, 6.45) is 3.24. The van der Waals surface area contributed by atoms with E-state index < -0.39 is 0 Å². The topological polar surface area (TPSA) is 64.9 Å².